The average molecular weight is 439 g/mol. The smallest absolute Gasteiger partial charge is 0.336 e. The van der Waals surface area contributed by atoms with Crippen LogP contribution in [0.5, 0.6) is 5.75 Å². The summed E-state index contributed by atoms with van der Waals surface area (Å²) in [5.74, 6) is 0.144. The summed E-state index contributed by atoms with van der Waals surface area (Å²) in [6.07, 6.45) is 2.91. The molecule has 2 aliphatic rings. The number of esters is 1. The number of fused-ring (bicyclic) bond motifs is 2. The minimum atomic E-state index is -0.489. The van der Waals surface area contributed by atoms with Crippen LogP contribution in [-0.2, 0) is 14.3 Å². The van der Waals surface area contributed by atoms with Crippen LogP contribution in [0.1, 0.15) is 47.5 Å². The zero-order valence-electron chi connectivity index (χ0n) is 19.3. The van der Waals surface area contributed by atoms with Crippen LogP contribution in [0, 0.1) is 22.7 Å². The summed E-state index contributed by atoms with van der Waals surface area (Å²) in [7, 11) is 0. The van der Waals surface area contributed by atoms with Crippen molar-refractivity contribution >= 4 is 22.7 Å². The summed E-state index contributed by atoms with van der Waals surface area (Å²) in [6, 6.07) is 8.56. The molecule has 0 amide bonds. The Kier molecular flexibility index (Phi) is 5.51. The Morgan fingerprint density at radius 3 is 2.59 bits per heavy atom. The molecule has 1 heterocycles. The van der Waals surface area contributed by atoms with Crippen LogP contribution in [0.25, 0.3) is 11.0 Å². The van der Waals surface area contributed by atoms with Gasteiger partial charge in [-0.25, -0.2) is 4.79 Å². The lowest BCUT2D eigenvalue weighted by Gasteiger charge is -2.57. The molecule has 1 saturated carbocycles. The van der Waals surface area contributed by atoms with E-state index in [1.807, 2.05) is 32.9 Å². The second-order valence-corrected chi connectivity index (χ2v) is 10.0. The Labute approximate surface area is 187 Å². The zero-order valence-corrected chi connectivity index (χ0v) is 19.3. The molecule has 170 valence electrons. The maximum atomic E-state index is 13.2. The summed E-state index contributed by atoms with van der Waals surface area (Å²) in [5.41, 5.74) is 0.272. The summed E-state index contributed by atoms with van der Waals surface area (Å²) >= 11 is 0. The predicted octanol–water partition coefficient (Wildman–Crippen LogP) is 4.69. The van der Waals surface area contributed by atoms with Gasteiger partial charge in [-0.3, -0.25) is 9.59 Å². The topological polar surface area (TPSA) is 82.8 Å². The van der Waals surface area contributed by atoms with E-state index in [1.165, 1.54) is 13.0 Å². The summed E-state index contributed by atoms with van der Waals surface area (Å²) in [4.78, 5) is 36.4. The zero-order chi connectivity index (χ0) is 23.3. The van der Waals surface area contributed by atoms with Gasteiger partial charge in [-0.05, 0) is 49.5 Å². The van der Waals surface area contributed by atoms with E-state index < -0.39 is 11.0 Å². The van der Waals surface area contributed by atoms with Crippen molar-refractivity contribution in [2.75, 3.05) is 6.61 Å². The maximum absolute atomic E-state index is 13.2. The highest BCUT2D eigenvalue weighted by molar-refractivity contribution is 5.95. The van der Waals surface area contributed by atoms with Gasteiger partial charge < -0.3 is 13.9 Å². The lowest BCUT2D eigenvalue weighted by molar-refractivity contribution is -0.176. The molecule has 1 fully saturated rings. The van der Waals surface area contributed by atoms with Gasteiger partial charge in [0.2, 0.25) is 0 Å². The first-order valence-electron chi connectivity index (χ1n) is 11.1. The molecule has 32 heavy (non-hydrogen) atoms. The molecule has 1 aromatic carbocycles. The number of allylic oxidation sites excluding steroid dienone is 1. The third kappa shape index (κ3) is 3.76. The molecule has 2 aromatic rings. The predicted molar refractivity (Wildman–Crippen MR) is 120 cm³/mol. The normalized spacial score (nSPS) is 29.2. The van der Waals surface area contributed by atoms with Crippen molar-refractivity contribution in [3.05, 3.63) is 52.4 Å². The fourth-order valence-electron chi connectivity index (χ4n) is 6.03. The van der Waals surface area contributed by atoms with Gasteiger partial charge in [-0.1, -0.05) is 26.3 Å². The van der Waals surface area contributed by atoms with Gasteiger partial charge in [-0.2, -0.15) is 0 Å². The first-order chi connectivity index (χ1) is 15.0. The average Bonchev–Trinajstić information content (AvgIpc) is 2.68. The van der Waals surface area contributed by atoms with E-state index in [-0.39, 0.29) is 35.1 Å². The van der Waals surface area contributed by atoms with E-state index in [1.54, 1.807) is 18.2 Å². The molecule has 6 nitrogen and oxygen atoms in total. The van der Waals surface area contributed by atoms with E-state index in [0.29, 0.717) is 24.4 Å². The highest BCUT2D eigenvalue weighted by Gasteiger charge is 2.59. The highest BCUT2D eigenvalue weighted by Crippen LogP contribution is 2.59. The molecule has 4 atom stereocenters. The highest BCUT2D eigenvalue weighted by atomic mass is 16.5. The largest absolute Gasteiger partial charge is 0.493 e. The Bertz CT molecular complexity index is 1160. The van der Waals surface area contributed by atoms with Crippen LogP contribution in [0.2, 0.25) is 0 Å². The van der Waals surface area contributed by atoms with Crippen LogP contribution < -0.4 is 10.4 Å². The van der Waals surface area contributed by atoms with Crippen LogP contribution in [0.15, 0.2) is 51.2 Å². The molecule has 0 unspecified atom stereocenters. The van der Waals surface area contributed by atoms with Gasteiger partial charge >= 0.3 is 11.6 Å². The van der Waals surface area contributed by atoms with E-state index in [9.17, 15) is 14.4 Å². The number of ketones is 1. The van der Waals surface area contributed by atoms with Crippen molar-refractivity contribution in [2.24, 2.45) is 22.7 Å². The van der Waals surface area contributed by atoms with Crippen molar-refractivity contribution in [3.8, 4) is 5.75 Å². The number of hydrogen-bond acceptors (Lipinski definition) is 6. The summed E-state index contributed by atoms with van der Waals surface area (Å²) in [5, 5.41) is 0.828. The molecule has 0 saturated heterocycles. The van der Waals surface area contributed by atoms with Crippen LogP contribution in [-0.4, -0.2) is 24.5 Å². The van der Waals surface area contributed by atoms with Crippen LogP contribution >= 0.6 is 0 Å². The summed E-state index contributed by atoms with van der Waals surface area (Å²) in [6.45, 7) is 10.0. The summed E-state index contributed by atoms with van der Waals surface area (Å²) < 4.78 is 17.1. The Morgan fingerprint density at radius 1 is 1.16 bits per heavy atom. The second-order valence-electron chi connectivity index (χ2n) is 10.0. The van der Waals surface area contributed by atoms with Gasteiger partial charge in [0.15, 0.2) is 5.78 Å². The fraction of sp³-hybridized carbons (Fsp3) is 0.500. The van der Waals surface area contributed by atoms with Crippen molar-refractivity contribution in [1.82, 2.24) is 0 Å². The third-order valence-electron chi connectivity index (χ3n) is 7.50. The first kappa shape index (κ1) is 22.3. The number of carbonyl (C=O) groups is 2. The first-order valence-corrected chi connectivity index (χ1v) is 11.1. The Morgan fingerprint density at radius 2 is 1.88 bits per heavy atom. The van der Waals surface area contributed by atoms with E-state index in [2.05, 4.69) is 6.92 Å². The number of hydrogen-bond donors (Lipinski definition) is 0. The molecule has 0 radical (unpaired) electrons. The van der Waals surface area contributed by atoms with Gasteiger partial charge in [0, 0.05) is 41.7 Å². The van der Waals surface area contributed by atoms with E-state index >= 15 is 0 Å². The van der Waals surface area contributed by atoms with Crippen molar-refractivity contribution in [2.45, 2.75) is 53.6 Å². The van der Waals surface area contributed by atoms with Gasteiger partial charge in [0.05, 0.1) is 6.61 Å². The number of ether oxygens (including phenoxy) is 2. The molecule has 0 N–H and O–H groups in total. The van der Waals surface area contributed by atoms with Gasteiger partial charge in [0.25, 0.3) is 0 Å². The number of carbonyl (C=O) groups excluding carboxylic acids is 2. The third-order valence-corrected chi connectivity index (χ3v) is 7.50. The second kappa shape index (κ2) is 7.91. The minimum absolute atomic E-state index is 0.0289. The molecule has 2 aliphatic carbocycles. The SMILES string of the molecule is CC(=O)O[C@@H]1CC[C@@]2(C)[C@H](C(=O)C=C(C)[C@@H]2COc2ccc3ccc(=O)oc3c2)C1(C)C. The molecule has 0 aliphatic heterocycles. The number of benzene rings is 1. The van der Waals surface area contributed by atoms with Crippen molar-refractivity contribution in [1.29, 1.82) is 0 Å². The van der Waals surface area contributed by atoms with Crippen LogP contribution in [0.3, 0.4) is 0 Å². The molecule has 1 aromatic heterocycles. The Hall–Kier alpha value is -2.89. The van der Waals surface area contributed by atoms with Gasteiger partial charge in [-0.15, -0.1) is 0 Å². The lowest BCUT2D eigenvalue weighted by Crippen LogP contribution is -2.58. The molecular formula is C26H30O6. The van der Waals surface area contributed by atoms with E-state index in [4.69, 9.17) is 13.9 Å². The molecular weight excluding hydrogens is 408 g/mol. The van der Waals surface area contributed by atoms with Crippen LogP contribution in [0.4, 0.5) is 0 Å². The molecule has 0 spiro atoms. The quantitative estimate of drug-likeness (QED) is 0.509. The fourth-order valence-corrected chi connectivity index (χ4v) is 6.03. The molecule has 4 rings (SSSR count). The van der Waals surface area contributed by atoms with Crippen molar-refractivity contribution < 1.29 is 23.5 Å². The lowest BCUT2D eigenvalue weighted by atomic mass is 9.47. The van der Waals surface area contributed by atoms with Gasteiger partial charge in [0.1, 0.15) is 17.4 Å². The Balaban J connectivity index is 1.62. The molecule has 6 heteroatoms. The van der Waals surface area contributed by atoms with Crippen molar-refractivity contribution in [3.63, 3.8) is 0 Å². The standard InChI is InChI=1S/C26H30O6/c1-15-12-20(28)24-25(3,4)22(31-16(2)27)10-11-26(24,5)19(15)14-30-18-8-6-17-7-9-23(29)32-21(17)13-18/h6-9,12-13,19,22,24H,10-11,14H2,1-5H3/t19-,22+,24+,26+/m0/s1. The van der Waals surface area contributed by atoms with E-state index in [0.717, 1.165) is 17.4 Å². The number of rotatable bonds is 4. The monoisotopic (exact) mass is 438 g/mol. The minimum Gasteiger partial charge on any atom is -0.493 e. The molecule has 0 bridgehead atoms. The maximum Gasteiger partial charge on any atom is 0.336 e.